The number of carbonyl (C=O) groups is 2. The number of imide groups is 1. The molecule has 1 unspecified atom stereocenters. The first-order valence-corrected chi connectivity index (χ1v) is 9.23. The standard InChI is InChI=1S/C20H25N3O2/c1-12-13(2)22-18-8-5-14(10-17(12)18)19(24)23(16-6-7-16)20(25)15-4-3-9-21-11-15/h5,8,10,15-16,21-22H,3-4,6-7,9,11H2,1-2H3. The minimum absolute atomic E-state index is 0.00164. The molecule has 1 aromatic heterocycles. The van der Waals surface area contributed by atoms with Crippen LogP contribution in [0.3, 0.4) is 0 Å². The van der Waals surface area contributed by atoms with Gasteiger partial charge >= 0.3 is 0 Å². The predicted octanol–water partition coefficient (Wildman–Crippen LogP) is 2.92. The lowest BCUT2D eigenvalue weighted by molar-refractivity contribution is -0.133. The van der Waals surface area contributed by atoms with E-state index in [1.165, 1.54) is 0 Å². The molecule has 1 saturated heterocycles. The fourth-order valence-electron chi connectivity index (χ4n) is 3.77. The first kappa shape index (κ1) is 16.3. The van der Waals surface area contributed by atoms with E-state index in [2.05, 4.69) is 17.2 Å². The smallest absolute Gasteiger partial charge is 0.260 e. The van der Waals surface area contributed by atoms with E-state index in [1.54, 1.807) is 4.90 Å². The highest BCUT2D eigenvalue weighted by atomic mass is 16.2. The maximum atomic E-state index is 13.1. The molecule has 5 heteroatoms. The zero-order chi connectivity index (χ0) is 17.6. The summed E-state index contributed by atoms with van der Waals surface area (Å²) in [4.78, 5) is 31.0. The van der Waals surface area contributed by atoms with Gasteiger partial charge in [0.2, 0.25) is 5.91 Å². The van der Waals surface area contributed by atoms with Gasteiger partial charge < -0.3 is 10.3 Å². The third kappa shape index (κ3) is 2.97. The number of nitrogens with one attached hydrogen (secondary N) is 2. The Labute approximate surface area is 147 Å². The Balaban J connectivity index is 1.64. The predicted molar refractivity (Wildman–Crippen MR) is 97.6 cm³/mol. The van der Waals surface area contributed by atoms with Gasteiger partial charge in [-0.3, -0.25) is 14.5 Å². The number of hydrogen-bond acceptors (Lipinski definition) is 3. The summed E-state index contributed by atoms with van der Waals surface area (Å²) in [5.74, 6) is -0.210. The van der Waals surface area contributed by atoms with Crippen LogP contribution in [0.1, 0.15) is 47.3 Å². The fourth-order valence-corrected chi connectivity index (χ4v) is 3.77. The quantitative estimate of drug-likeness (QED) is 0.845. The van der Waals surface area contributed by atoms with Crippen molar-refractivity contribution in [2.24, 2.45) is 5.92 Å². The van der Waals surface area contributed by atoms with Gasteiger partial charge in [0.05, 0.1) is 5.92 Å². The number of nitrogens with zero attached hydrogens (tertiary/aromatic N) is 1. The van der Waals surface area contributed by atoms with Gasteiger partial charge in [0.1, 0.15) is 0 Å². The van der Waals surface area contributed by atoms with Crippen LogP contribution in [0.25, 0.3) is 10.9 Å². The Hall–Kier alpha value is -2.14. The third-order valence-corrected chi connectivity index (χ3v) is 5.57. The molecular weight excluding hydrogens is 314 g/mol. The highest BCUT2D eigenvalue weighted by Gasteiger charge is 2.40. The zero-order valence-electron chi connectivity index (χ0n) is 14.9. The maximum absolute atomic E-state index is 13.1. The first-order valence-electron chi connectivity index (χ1n) is 9.23. The normalized spacial score (nSPS) is 20.6. The lowest BCUT2D eigenvalue weighted by atomic mass is 9.97. The molecule has 0 radical (unpaired) electrons. The summed E-state index contributed by atoms with van der Waals surface area (Å²) >= 11 is 0. The van der Waals surface area contributed by atoms with E-state index >= 15 is 0 Å². The highest BCUT2D eigenvalue weighted by molar-refractivity contribution is 6.07. The van der Waals surface area contributed by atoms with Crippen LogP contribution in [0.4, 0.5) is 0 Å². The van der Waals surface area contributed by atoms with Crippen molar-refractivity contribution in [3.05, 3.63) is 35.0 Å². The molecule has 2 aliphatic rings. The summed E-state index contributed by atoms with van der Waals surface area (Å²) in [6.07, 6.45) is 3.73. The van der Waals surface area contributed by atoms with Crippen molar-refractivity contribution in [1.29, 1.82) is 0 Å². The monoisotopic (exact) mass is 339 g/mol. The van der Waals surface area contributed by atoms with Crippen molar-refractivity contribution in [2.75, 3.05) is 13.1 Å². The molecule has 5 nitrogen and oxygen atoms in total. The van der Waals surface area contributed by atoms with Gasteiger partial charge in [-0.15, -0.1) is 0 Å². The molecule has 1 saturated carbocycles. The van der Waals surface area contributed by atoms with Crippen LogP contribution in [0.15, 0.2) is 18.2 Å². The van der Waals surface area contributed by atoms with E-state index in [1.807, 2.05) is 25.1 Å². The van der Waals surface area contributed by atoms with Crippen molar-refractivity contribution in [2.45, 2.75) is 45.6 Å². The van der Waals surface area contributed by atoms with E-state index in [9.17, 15) is 9.59 Å². The number of aryl methyl sites for hydroxylation is 2. The number of rotatable bonds is 3. The van der Waals surface area contributed by atoms with Crippen LogP contribution in [0, 0.1) is 19.8 Å². The lowest BCUT2D eigenvalue weighted by Crippen LogP contribution is -2.46. The topological polar surface area (TPSA) is 65.2 Å². The number of fused-ring (bicyclic) bond motifs is 1. The number of hydrogen-bond donors (Lipinski definition) is 2. The van der Waals surface area contributed by atoms with Gasteiger partial charge in [0, 0.05) is 34.7 Å². The number of aromatic nitrogens is 1. The molecule has 1 aliphatic heterocycles. The van der Waals surface area contributed by atoms with Gasteiger partial charge in [0.15, 0.2) is 0 Å². The minimum atomic E-state index is -0.141. The maximum Gasteiger partial charge on any atom is 0.260 e. The van der Waals surface area contributed by atoms with Gasteiger partial charge in [-0.05, 0) is 69.8 Å². The van der Waals surface area contributed by atoms with E-state index < -0.39 is 0 Å². The second-order valence-electron chi connectivity index (χ2n) is 7.42. The van der Waals surface area contributed by atoms with Crippen LogP contribution >= 0.6 is 0 Å². The molecule has 132 valence electrons. The third-order valence-electron chi connectivity index (χ3n) is 5.57. The van der Waals surface area contributed by atoms with Gasteiger partial charge in [-0.2, -0.15) is 0 Å². The van der Waals surface area contributed by atoms with Crippen molar-refractivity contribution < 1.29 is 9.59 Å². The molecule has 1 atom stereocenters. The molecule has 2 aromatic rings. The Morgan fingerprint density at radius 3 is 2.64 bits per heavy atom. The van der Waals surface area contributed by atoms with Gasteiger partial charge in [-0.25, -0.2) is 0 Å². The van der Waals surface area contributed by atoms with Crippen LogP contribution in [0.2, 0.25) is 0 Å². The number of benzene rings is 1. The molecule has 2 heterocycles. The van der Waals surface area contributed by atoms with Crippen LogP contribution in [0.5, 0.6) is 0 Å². The van der Waals surface area contributed by atoms with Crippen LogP contribution < -0.4 is 5.32 Å². The second kappa shape index (κ2) is 6.30. The van der Waals surface area contributed by atoms with Gasteiger partial charge in [0.25, 0.3) is 5.91 Å². The van der Waals surface area contributed by atoms with E-state index in [4.69, 9.17) is 0 Å². The zero-order valence-corrected chi connectivity index (χ0v) is 14.9. The van der Waals surface area contributed by atoms with Crippen molar-refractivity contribution in [3.63, 3.8) is 0 Å². The number of piperidine rings is 1. The van der Waals surface area contributed by atoms with E-state index in [0.717, 1.165) is 54.4 Å². The first-order chi connectivity index (χ1) is 12.1. The summed E-state index contributed by atoms with van der Waals surface area (Å²) in [7, 11) is 0. The SMILES string of the molecule is Cc1[nH]c2ccc(C(=O)N(C(=O)C3CCCNC3)C3CC3)cc2c1C. The Morgan fingerprint density at radius 1 is 1.16 bits per heavy atom. The number of aromatic amines is 1. The average Bonchev–Trinajstić information content (AvgIpc) is 3.42. The van der Waals surface area contributed by atoms with Crippen molar-refractivity contribution in [3.8, 4) is 0 Å². The second-order valence-corrected chi connectivity index (χ2v) is 7.42. The molecule has 1 aromatic carbocycles. The van der Waals surface area contributed by atoms with Crippen LogP contribution in [-0.2, 0) is 4.79 Å². The van der Waals surface area contributed by atoms with Gasteiger partial charge in [-0.1, -0.05) is 0 Å². The lowest BCUT2D eigenvalue weighted by Gasteiger charge is -2.28. The van der Waals surface area contributed by atoms with E-state index in [0.29, 0.717) is 12.1 Å². The summed E-state index contributed by atoms with van der Waals surface area (Å²) in [5, 5.41) is 4.34. The summed E-state index contributed by atoms with van der Waals surface area (Å²) in [5.41, 5.74) is 3.92. The fraction of sp³-hybridized carbons (Fsp3) is 0.500. The molecule has 2 fully saturated rings. The highest BCUT2D eigenvalue weighted by Crippen LogP contribution is 2.32. The molecule has 0 bridgehead atoms. The number of H-pyrrole nitrogens is 1. The largest absolute Gasteiger partial charge is 0.358 e. The van der Waals surface area contributed by atoms with Crippen LogP contribution in [-0.4, -0.2) is 40.8 Å². The minimum Gasteiger partial charge on any atom is -0.358 e. The Bertz CT molecular complexity index is 829. The molecule has 2 N–H and O–H groups in total. The summed E-state index contributed by atoms with van der Waals surface area (Å²) in [6.45, 7) is 5.74. The Morgan fingerprint density at radius 2 is 1.96 bits per heavy atom. The molecular formula is C20H25N3O2. The van der Waals surface area contributed by atoms with Crippen molar-refractivity contribution in [1.82, 2.24) is 15.2 Å². The number of carbonyl (C=O) groups excluding carboxylic acids is 2. The summed E-state index contributed by atoms with van der Waals surface area (Å²) < 4.78 is 0. The number of amides is 2. The molecule has 25 heavy (non-hydrogen) atoms. The average molecular weight is 339 g/mol. The van der Waals surface area contributed by atoms with E-state index in [-0.39, 0.29) is 23.8 Å². The Kier molecular flexibility index (Phi) is 4.12. The molecule has 2 amide bonds. The summed E-state index contributed by atoms with van der Waals surface area (Å²) in [6, 6.07) is 5.80. The van der Waals surface area contributed by atoms with Crippen molar-refractivity contribution >= 4 is 22.7 Å². The molecule has 0 spiro atoms. The molecule has 4 rings (SSSR count). The molecule has 1 aliphatic carbocycles.